The van der Waals surface area contributed by atoms with Gasteiger partial charge in [-0.05, 0) is 12.8 Å². The topological polar surface area (TPSA) is 60.0 Å². The summed E-state index contributed by atoms with van der Waals surface area (Å²) in [5.41, 5.74) is 0.0515. The van der Waals surface area contributed by atoms with Gasteiger partial charge in [0.05, 0.1) is 18.4 Å². The zero-order valence-corrected chi connectivity index (χ0v) is 8.66. The van der Waals surface area contributed by atoms with Gasteiger partial charge in [-0.25, -0.2) is 0 Å². The van der Waals surface area contributed by atoms with E-state index in [1.54, 1.807) is 13.3 Å². The molecule has 0 aliphatic heterocycles. The summed E-state index contributed by atoms with van der Waals surface area (Å²) in [4.78, 5) is 4.27. The van der Waals surface area contributed by atoms with Gasteiger partial charge in [0.25, 0.3) is 0 Å². The highest BCUT2D eigenvalue weighted by atomic mass is 16.5. The van der Waals surface area contributed by atoms with E-state index in [0.29, 0.717) is 6.61 Å². The lowest BCUT2D eigenvalue weighted by Crippen LogP contribution is -2.13. The van der Waals surface area contributed by atoms with Crippen LogP contribution in [0.3, 0.4) is 0 Å². The molecule has 0 bridgehead atoms. The lowest BCUT2D eigenvalue weighted by molar-refractivity contribution is 0.174. The summed E-state index contributed by atoms with van der Waals surface area (Å²) in [5, 5.41) is 3.31. The number of ether oxygens (including phenoxy) is 1. The SMILES string of the molecule is CC.COCC1(N=C/C=N\N)CC1. The van der Waals surface area contributed by atoms with E-state index in [4.69, 9.17) is 10.6 Å². The predicted molar refractivity (Wildman–Crippen MR) is 56.4 cm³/mol. The third-order valence-corrected chi connectivity index (χ3v) is 1.74. The molecular weight excluding hydrogens is 166 g/mol. The van der Waals surface area contributed by atoms with E-state index in [9.17, 15) is 0 Å². The third-order valence-electron chi connectivity index (χ3n) is 1.74. The number of nitrogens with two attached hydrogens (primary N) is 1. The van der Waals surface area contributed by atoms with Crippen LogP contribution in [0.25, 0.3) is 0 Å². The van der Waals surface area contributed by atoms with Gasteiger partial charge in [-0.15, -0.1) is 0 Å². The summed E-state index contributed by atoms with van der Waals surface area (Å²) < 4.78 is 5.01. The number of nitrogens with zero attached hydrogens (tertiary/aromatic N) is 2. The maximum atomic E-state index is 5.01. The molecule has 13 heavy (non-hydrogen) atoms. The minimum absolute atomic E-state index is 0.0515. The summed E-state index contributed by atoms with van der Waals surface area (Å²) in [7, 11) is 1.69. The van der Waals surface area contributed by atoms with Crippen LogP contribution in [-0.2, 0) is 4.74 Å². The molecule has 0 aromatic carbocycles. The van der Waals surface area contributed by atoms with Gasteiger partial charge in [0.2, 0.25) is 0 Å². The first-order valence-electron chi connectivity index (χ1n) is 4.59. The fraction of sp³-hybridized carbons (Fsp3) is 0.778. The monoisotopic (exact) mass is 185 g/mol. The Hall–Kier alpha value is -0.900. The van der Waals surface area contributed by atoms with Crippen molar-refractivity contribution in [1.29, 1.82) is 0 Å². The van der Waals surface area contributed by atoms with E-state index in [1.807, 2.05) is 13.8 Å². The number of methoxy groups -OCH3 is 1. The number of aliphatic imine (C=N–C) groups is 1. The first kappa shape index (κ1) is 12.1. The predicted octanol–water partition coefficient (Wildman–Crippen LogP) is 1.21. The Morgan fingerprint density at radius 1 is 1.38 bits per heavy atom. The smallest absolute Gasteiger partial charge is 0.0842 e. The van der Waals surface area contributed by atoms with Crippen LogP contribution in [0.4, 0.5) is 0 Å². The van der Waals surface area contributed by atoms with Gasteiger partial charge in [-0.2, -0.15) is 5.10 Å². The molecule has 76 valence electrons. The second-order valence-electron chi connectivity index (χ2n) is 2.73. The quantitative estimate of drug-likeness (QED) is 0.406. The Labute approximate surface area is 79.9 Å². The highest BCUT2D eigenvalue weighted by Crippen LogP contribution is 2.39. The lowest BCUT2D eigenvalue weighted by atomic mass is 10.3. The van der Waals surface area contributed by atoms with Crippen molar-refractivity contribution in [2.45, 2.75) is 32.2 Å². The lowest BCUT2D eigenvalue weighted by Gasteiger charge is -2.05. The summed E-state index contributed by atoms with van der Waals surface area (Å²) in [6.45, 7) is 4.70. The molecule has 0 heterocycles. The molecule has 0 amide bonds. The largest absolute Gasteiger partial charge is 0.382 e. The van der Waals surface area contributed by atoms with Crippen LogP contribution in [0.2, 0.25) is 0 Å². The Kier molecular flexibility index (Phi) is 6.14. The zero-order chi connectivity index (χ0) is 10.2. The van der Waals surface area contributed by atoms with Gasteiger partial charge in [0.15, 0.2) is 0 Å². The van der Waals surface area contributed by atoms with Gasteiger partial charge < -0.3 is 10.6 Å². The number of hydrazone groups is 1. The molecule has 1 fully saturated rings. The van der Waals surface area contributed by atoms with Gasteiger partial charge in [0.1, 0.15) is 0 Å². The molecule has 1 rings (SSSR count). The van der Waals surface area contributed by atoms with E-state index < -0.39 is 0 Å². The molecule has 0 saturated heterocycles. The molecule has 1 saturated carbocycles. The molecule has 1 aliphatic rings. The first-order valence-corrected chi connectivity index (χ1v) is 4.59. The van der Waals surface area contributed by atoms with E-state index in [-0.39, 0.29) is 5.54 Å². The van der Waals surface area contributed by atoms with Crippen molar-refractivity contribution in [1.82, 2.24) is 0 Å². The van der Waals surface area contributed by atoms with E-state index in [2.05, 4.69) is 10.1 Å². The van der Waals surface area contributed by atoms with Gasteiger partial charge in [0, 0.05) is 13.3 Å². The molecule has 0 unspecified atom stereocenters. The van der Waals surface area contributed by atoms with Crippen molar-refractivity contribution in [3.8, 4) is 0 Å². The van der Waals surface area contributed by atoms with Crippen LogP contribution in [-0.4, -0.2) is 31.7 Å². The maximum Gasteiger partial charge on any atom is 0.0842 e. The van der Waals surface area contributed by atoms with Crippen molar-refractivity contribution in [3.05, 3.63) is 0 Å². The molecule has 4 heteroatoms. The number of hydrogen-bond donors (Lipinski definition) is 1. The van der Waals surface area contributed by atoms with Crippen LogP contribution in [0.1, 0.15) is 26.7 Å². The van der Waals surface area contributed by atoms with Crippen LogP contribution in [0.5, 0.6) is 0 Å². The van der Waals surface area contributed by atoms with E-state index >= 15 is 0 Å². The van der Waals surface area contributed by atoms with Gasteiger partial charge in [-0.1, -0.05) is 13.8 Å². The molecule has 0 aromatic rings. The second kappa shape index (κ2) is 6.60. The molecule has 0 spiro atoms. The minimum atomic E-state index is 0.0515. The summed E-state index contributed by atoms with van der Waals surface area (Å²) in [6, 6.07) is 0. The van der Waals surface area contributed by atoms with Crippen LogP contribution >= 0.6 is 0 Å². The second-order valence-corrected chi connectivity index (χ2v) is 2.73. The molecule has 0 radical (unpaired) electrons. The van der Waals surface area contributed by atoms with E-state index in [0.717, 1.165) is 12.8 Å². The van der Waals surface area contributed by atoms with Crippen molar-refractivity contribution in [2.24, 2.45) is 15.9 Å². The van der Waals surface area contributed by atoms with Crippen LogP contribution in [0.15, 0.2) is 10.1 Å². The highest BCUT2D eigenvalue weighted by molar-refractivity contribution is 6.16. The Bertz CT molecular complexity index is 174. The van der Waals surface area contributed by atoms with Crippen molar-refractivity contribution in [3.63, 3.8) is 0 Å². The van der Waals surface area contributed by atoms with Crippen molar-refractivity contribution in [2.75, 3.05) is 13.7 Å². The third kappa shape index (κ3) is 4.62. The molecule has 0 atom stereocenters. The zero-order valence-electron chi connectivity index (χ0n) is 8.66. The Morgan fingerprint density at radius 3 is 2.38 bits per heavy atom. The molecular formula is C9H19N3O. The van der Waals surface area contributed by atoms with E-state index in [1.165, 1.54) is 6.21 Å². The number of rotatable bonds is 4. The van der Waals surface area contributed by atoms with Crippen molar-refractivity contribution >= 4 is 12.4 Å². The molecule has 0 aromatic heterocycles. The summed E-state index contributed by atoms with van der Waals surface area (Å²) in [6.07, 6.45) is 5.33. The average molecular weight is 185 g/mol. The normalized spacial score (nSPS) is 18.7. The minimum Gasteiger partial charge on any atom is -0.382 e. The van der Waals surface area contributed by atoms with Crippen LogP contribution in [0, 0.1) is 0 Å². The highest BCUT2D eigenvalue weighted by Gasteiger charge is 2.41. The fourth-order valence-corrected chi connectivity index (χ4v) is 0.954. The Morgan fingerprint density at radius 2 is 2.00 bits per heavy atom. The molecule has 2 N–H and O–H groups in total. The molecule has 4 nitrogen and oxygen atoms in total. The van der Waals surface area contributed by atoms with Crippen molar-refractivity contribution < 1.29 is 4.74 Å². The summed E-state index contributed by atoms with van der Waals surface area (Å²) in [5.74, 6) is 4.90. The number of hydrogen-bond acceptors (Lipinski definition) is 4. The first-order chi connectivity index (χ1) is 6.33. The maximum absolute atomic E-state index is 5.01. The fourth-order valence-electron chi connectivity index (χ4n) is 0.954. The molecule has 1 aliphatic carbocycles. The van der Waals surface area contributed by atoms with Gasteiger partial charge in [-0.3, -0.25) is 4.99 Å². The average Bonchev–Trinajstić information content (AvgIpc) is 2.90. The van der Waals surface area contributed by atoms with Crippen LogP contribution < -0.4 is 5.84 Å². The summed E-state index contributed by atoms with van der Waals surface area (Å²) >= 11 is 0. The standard InChI is InChI=1S/C7H13N3O.C2H6/c1-11-6-7(2-3-7)9-4-5-10-8;1-2/h4-5H,2-3,6,8H2,1H3;1-2H3/b9-4?,10-5-;. The van der Waals surface area contributed by atoms with Gasteiger partial charge >= 0.3 is 0 Å². The Balaban J connectivity index is 0.000000671.